The van der Waals surface area contributed by atoms with Gasteiger partial charge < -0.3 is 0 Å². The highest BCUT2D eigenvalue weighted by Crippen LogP contribution is 2.64. The maximum atomic E-state index is 12.9. The van der Waals surface area contributed by atoms with Crippen LogP contribution in [-0.4, -0.2) is 17.3 Å². The molecule has 0 aromatic carbocycles. The van der Waals surface area contributed by atoms with E-state index in [0.29, 0.717) is 49.0 Å². The molecule has 3 nitrogen and oxygen atoms in total. The largest absolute Gasteiger partial charge is 0.300 e. The standard InChI is InChI=1S/C19H26O3/c1-18-7-5-12(20)9-11(18)10-15(21)17-13-3-4-16(22)19(13,2)8-6-14(17)18/h11,13-14,17H,3-10H2,1-2H3/t11-,13+,14+,17+,18+,19+/m1/s1. The SMILES string of the molecule is C[C@]12CCC(=O)C[C@@H]1CC(=O)[C@@H]1[C@@H]2CC[C@]2(C)C(=O)CC[C@@H]12. The minimum absolute atomic E-state index is 0.0830. The molecule has 0 N–H and O–H groups in total. The van der Waals surface area contributed by atoms with Gasteiger partial charge in [0.2, 0.25) is 0 Å². The van der Waals surface area contributed by atoms with Crippen molar-refractivity contribution in [3.8, 4) is 0 Å². The molecule has 4 aliphatic carbocycles. The molecular formula is C19H26O3. The Hall–Kier alpha value is -0.990. The van der Waals surface area contributed by atoms with Crippen molar-refractivity contribution in [3.63, 3.8) is 0 Å². The van der Waals surface area contributed by atoms with Crippen LogP contribution in [0.25, 0.3) is 0 Å². The summed E-state index contributed by atoms with van der Waals surface area (Å²) >= 11 is 0. The average molecular weight is 302 g/mol. The Morgan fingerprint density at radius 1 is 0.909 bits per heavy atom. The van der Waals surface area contributed by atoms with E-state index in [4.69, 9.17) is 0 Å². The molecule has 3 heteroatoms. The molecule has 4 rings (SSSR count). The van der Waals surface area contributed by atoms with E-state index < -0.39 is 0 Å². The Morgan fingerprint density at radius 2 is 1.68 bits per heavy atom. The molecule has 4 saturated carbocycles. The van der Waals surface area contributed by atoms with Crippen molar-refractivity contribution in [2.75, 3.05) is 0 Å². The predicted molar refractivity (Wildman–Crippen MR) is 82.1 cm³/mol. The Bertz CT molecular complexity index is 565. The van der Waals surface area contributed by atoms with Crippen molar-refractivity contribution in [2.45, 2.75) is 65.2 Å². The van der Waals surface area contributed by atoms with Crippen LogP contribution in [-0.2, 0) is 14.4 Å². The van der Waals surface area contributed by atoms with Gasteiger partial charge in [-0.25, -0.2) is 0 Å². The van der Waals surface area contributed by atoms with E-state index in [1.54, 1.807) is 0 Å². The zero-order valence-electron chi connectivity index (χ0n) is 13.7. The Balaban J connectivity index is 1.72. The molecule has 120 valence electrons. The second-order valence-corrected chi connectivity index (χ2v) is 8.77. The van der Waals surface area contributed by atoms with Gasteiger partial charge >= 0.3 is 0 Å². The number of hydrogen-bond acceptors (Lipinski definition) is 3. The monoisotopic (exact) mass is 302 g/mol. The third kappa shape index (κ3) is 1.71. The van der Waals surface area contributed by atoms with Gasteiger partial charge in [-0.1, -0.05) is 13.8 Å². The zero-order chi connectivity index (χ0) is 15.7. The Kier molecular flexibility index (Phi) is 3.00. The highest BCUT2D eigenvalue weighted by atomic mass is 16.1. The fourth-order valence-electron chi connectivity index (χ4n) is 6.50. The molecule has 0 radical (unpaired) electrons. The van der Waals surface area contributed by atoms with E-state index in [1.807, 2.05) is 0 Å². The van der Waals surface area contributed by atoms with E-state index in [9.17, 15) is 14.4 Å². The van der Waals surface area contributed by atoms with Crippen molar-refractivity contribution in [1.82, 2.24) is 0 Å². The molecule has 0 aromatic rings. The van der Waals surface area contributed by atoms with Gasteiger partial charge in [0.15, 0.2) is 0 Å². The fourth-order valence-corrected chi connectivity index (χ4v) is 6.50. The first kappa shape index (κ1) is 14.6. The molecule has 22 heavy (non-hydrogen) atoms. The lowest BCUT2D eigenvalue weighted by atomic mass is 9.45. The minimum Gasteiger partial charge on any atom is -0.300 e. The number of Topliss-reactive ketones (excluding diaryl/α,β-unsaturated/α-hetero) is 3. The number of carbonyl (C=O) groups excluding carboxylic acids is 3. The lowest BCUT2D eigenvalue weighted by Crippen LogP contribution is -2.57. The summed E-state index contributed by atoms with van der Waals surface area (Å²) in [6.45, 7) is 4.43. The molecule has 0 aliphatic heterocycles. The number of ketones is 3. The van der Waals surface area contributed by atoms with Crippen molar-refractivity contribution in [2.24, 2.45) is 34.5 Å². The Morgan fingerprint density at radius 3 is 2.45 bits per heavy atom. The molecule has 0 aromatic heterocycles. The first-order valence-electron chi connectivity index (χ1n) is 8.94. The van der Waals surface area contributed by atoms with Crippen molar-refractivity contribution in [3.05, 3.63) is 0 Å². The molecule has 6 atom stereocenters. The van der Waals surface area contributed by atoms with Crippen LogP contribution >= 0.6 is 0 Å². The first-order valence-corrected chi connectivity index (χ1v) is 8.94. The van der Waals surface area contributed by atoms with Gasteiger partial charge in [0.05, 0.1) is 0 Å². The van der Waals surface area contributed by atoms with Gasteiger partial charge in [-0.2, -0.15) is 0 Å². The number of rotatable bonds is 0. The van der Waals surface area contributed by atoms with Crippen molar-refractivity contribution in [1.29, 1.82) is 0 Å². The van der Waals surface area contributed by atoms with Crippen LogP contribution < -0.4 is 0 Å². The van der Waals surface area contributed by atoms with E-state index >= 15 is 0 Å². The van der Waals surface area contributed by atoms with Crippen LogP contribution in [0.2, 0.25) is 0 Å². The molecule has 4 aliphatic rings. The summed E-state index contributed by atoms with van der Waals surface area (Å²) in [5, 5.41) is 0. The van der Waals surface area contributed by atoms with Crippen molar-refractivity contribution >= 4 is 17.3 Å². The molecule has 0 bridgehead atoms. The van der Waals surface area contributed by atoms with Gasteiger partial charge in [0.1, 0.15) is 17.3 Å². The maximum Gasteiger partial charge on any atom is 0.139 e. The third-order valence-electron chi connectivity index (χ3n) is 8.00. The first-order chi connectivity index (χ1) is 10.4. The average Bonchev–Trinajstić information content (AvgIpc) is 2.77. The predicted octanol–water partition coefficient (Wildman–Crippen LogP) is 3.35. The summed E-state index contributed by atoms with van der Waals surface area (Å²) in [6.07, 6.45) is 6.32. The van der Waals surface area contributed by atoms with Gasteiger partial charge in [0, 0.05) is 37.0 Å². The topological polar surface area (TPSA) is 51.2 Å². The van der Waals surface area contributed by atoms with E-state index in [1.165, 1.54) is 0 Å². The molecular weight excluding hydrogens is 276 g/mol. The quantitative estimate of drug-likeness (QED) is 0.689. The summed E-state index contributed by atoms with van der Waals surface area (Å²) in [5.74, 6) is 2.08. The number of hydrogen-bond donors (Lipinski definition) is 0. The summed E-state index contributed by atoms with van der Waals surface area (Å²) < 4.78 is 0. The lowest BCUT2D eigenvalue weighted by Gasteiger charge is -2.58. The second-order valence-electron chi connectivity index (χ2n) is 8.77. The minimum atomic E-state index is -0.246. The van der Waals surface area contributed by atoms with Crippen LogP contribution in [0.1, 0.15) is 65.2 Å². The highest BCUT2D eigenvalue weighted by molar-refractivity contribution is 5.91. The van der Waals surface area contributed by atoms with Gasteiger partial charge in [-0.05, 0) is 48.9 Å². The number of carbonyl (C=O) groups is 3. The highest BCUT2D eigenvalue weighted by Gasteiger charge is 2.62. The molecule has 0 heterocycles. The van der Waals surface area contributed by atoms with Gasteiger partial charge in [-0.3, -0.25) is 14.4 Å². The fraction of sp³-hybridized carbons (Fsp3) is 0.842. The molecule has 4 fully saturated rings. The maximum absolute atomic E-state index is 12.9. The van der Waals surface area contributed by atoms with Gasteiger partial charge in [-0.15, -0.1) is 0 Å². The van der Waals surface area contributed by atoms with Crippen LogP contribution in [0.3, 0.4) is 0 Å². The molecule has 0 amide bonds. The van der Waals surface area contributed by atoms with Gasteiger partial charge in [0.25, 0.3) is 0 Å². The summed E-state index contributed by atoms with van der Waals surface area (Å²) in [7, 11) is 0. The molecule has 0 saturated heterocycles. The Labute approximate surface area is 132 Å². The van der Waals surface area contributed by atoms with Crippen molar-refractivity contribution < 1.29 is 14.4 Å². The normalized spacial score (nSPS) is 51.3. The second kappa shape index (κ2) is 4.52. The van der Waals surface area contributed by atoms with E-state index in [2.05, 4.69) is 13.8 Å². The third-order valence-corrected chi connectivity index (χ3v) is 8.00. The molecule has 0 spiro atoms. The summed E-state index contributed by atoms with van der Waals surface area (Å²) in [6, 6.07) is 0. The van der Waals surface area contributed by atoms with E-state index in [-0.39, 0.29) is 28.6 Å². The zero-order valence-corrected chi connectivity index (χ0v) is 13.7. The van der Waals surface area contributed by atoms with Crippen LogP contribution in [0, 0.1) is 34.5 Å². The van der Waals surface area contributed by atoms with Crippen LogP contribution in [0.15, 0.2) is 0 Å². The number of fused-ring (bicyclic) bond motifs is 5. The van der Waals surface area contributed by atoms with Crippen LogP contribution in [0.4, 0.5) is 0 Å². The van der Waals surface area contributed by atoms with E-state index in [0.717, 1.165) is 25.7 Å². The summed E-state index contributed by atoms with van der Waals surface area (Å²) in [4.78, 5) is 37.1. The smallest absolute Gasteiger partial charge is 0.139 e. The summed E-state index contributed by atoms with van der Waals surface area (Å²) in [5.41, 5.74) is -0.107. The lowest BCUT2D eigenvalue weighted by molar-refractivity contribution is -0.158. The van der Waals surface area contributed by atoms with Crippen LogP contribution in [0.5, 0.6) is 0 Å². The molecule has 0 unspecified atom stereocenters.